The molecule has 0 saturated carbocycles. The van der Waals surface area contributed by atoms with E-state index in [4.69, 9.17) is 14.2 Å². The highest BCUT2D eigenvalue weighted by Crippen LogP contribution is 2.35. The lowest BCUT2D eigenvalue weighted by Crippen LogP contribution is -2.03. The SMILES string of the molecule is COC(=O)c1ccc(COc2ccc(/C=C3\C(=O)Nc4ccccc43)cc2OC)cc1. The van der Waals surface area contributed by atoms with Gasteiger partial charge in [-0.3, -0.25) is 4.79 Å². The molecule has 0 bridgehead atoms. The number of anilines is 1. The minimum absolute atomic E-state index is 0.129. The summed E-state index contributed by atoms with van der Waals surface area (Å²) in [5, 5.41) is 2.87. The third-order valence-electron chi connectivity index (χ3n) is 4.98. The first-order valence-electron chi connectivity index (χ1n) is 9.69. The fourth-order valence-corrected chi connectivity index (χ4v) is 3.36. The van der Waals surface area contributed by atoms with Gasteiger partial charge in [0.15, 0.2) is 11.5 Å². The molecule has 6 heteroatoms. The van der Waals surface area contributed by atoms with Gasteiger partial charge in [0, 0.05) is 16.8 Å². The Balaban J connectivity index is 1.51. The van der Waals surface area contributed by atoms with Crippen LogP contribution in [0.3, 0.4) is 0 Å². The zero-order valence-corrected chi connectivity index (χ0v) is 17.2. The minimum atomic E-state index is -0.377. The fraction of sp³-hybridized carbons (Fsp3) is 0.120. The lowest BCUT2D eigenvalue weighted by Gasteiger charge is -2.12. The van der Waals surface area contributed by atoms with Crippen molar-refractivity contribution in [1.29, 1.82) is 0 Å². The molecule has 6 nitrogen and oxygen atoms in total. The second-order valence-corrected chi connectivity index (χ2v) is 6.95. The third-order valence-corrected chi connectivity index (χ3v) is 4.98. The largest absolute Gasteiger partial charge is 0.493 e. The summed E-state index contributed by atoms with van der Waals surface area (Å²) in [6, 6.07) is 20.1. The number of carbonyl (C=O) groups excluding carboxylic acids is 2. The highest BCUT2D eigenvalue weighted by Gasteiger charge is 2.23. The van der Waals surface area contributed by atoms with Crippen molar-refractivity contribution >= 4 is 29.2 Å². The molecular formula is C25H21NO5. The Hall–Kier alpha value is -4.06. The number of hydrogen-bond acceptors (Lipinski definition) is 5. The normalized spacial score (nSPS) is 13.5. The van der Waals surface area contributed by atoms with Gasteiger partial charge in [-0.2, -0.15) is 0 Å². The van der Waals surface area contributed by atoms with Crippen LogP contribution >= 0.6 is 0 Å². The Morgan fingerprint density at radius 3 is 2.48 bits per heavy atom. The van der Waals surface area contributed by atoms with E-state index in [-0.39, 0.29) is 11.9 Å². The first-order chi connectivity index (χ1) is 15.1. The van der Waals surface area contributed by atoms with Crippen LogP contribution in [0.5, 0.6) is 11.5 Å². The summed E-state index contributed by atoms with van der Waals surface area (Å²) in [5.41, 5.74) is 4.51. The third kappa shape index (κ3) is 4.28. The van der Waals surface area contributed by atoms with Gasteiger partial charge in [0.1, 0.15) is 6.61 Å². The molecule has 1 N–H and O–H groups in total. The van der Waals surface area contributed by atoms with E-state index in [1.807, 2.05) is 60.7 Å². The number of benzene rings is 3. The van der Waals surface area contributed by atoms with Gasteiger partial charge < -0.3 is 19.5 Å². The molecule has 31 heavy (non-hydrogen) atoms. The predicted octanol–water partition coefficient (Wildman–Crippen LogP) is 4.55. The Bertz CT molecular complexity index is 1160. The molecule has 1 aliphatic rings. The van der Waals surface area contributed by atoms with E-state index in [2.05, 4.69) is 5.32 Å². The molecule has 0 aliphatic carbocycles. The molecule has 3 aromatic rings. The van der Waals surface area contributed by atoms with Crippen LogP contribution in [0.2, 0.25) is 0 Å². The van der Waals surface area contributed by atoms with E-state index < -0.39 is 0 Å². The average Bonchev–Trinajstić information content (AvgIpc) is 3.12. The summed E-state index contributed by atoms with van der Waals surface area (Å²) in [6.45, 7) is 0.314. The quantitative estimate of drug-likeness (QED) is 0.472. The lowest BCUT2D eigenvalue weighted by atomic mass is 10.0. The van der Waals surface area contributed by atoms with Crippen LogP contribution in [0, 0.1) is 0 Å². The van der Waals surface area contributed by atoms with Crippen molar-refractivity contribution in [2.45, 2.75) is 6.61 Å². The van der Waals surface area contributed by atoms with E-state index in [0.29, 0.717) is 29.2 Å². The van der Waals surface area contributed by atoms with Gasteiger partial charge in [0.25, 0.3) is 5.91 Å². The van der Waals surface area contributed by atoms with Crippen molar-refractivity contribution < 1.29 is 23.8 Å². The molecule has 0 radical (unpaired) electrons. The molecule has 4 rings (SSSR count). The van der Waals surface area contributed by atoms with Gasteiger partial charge >= 0.3 is 5.97 Å². The van der Waals surface area contributed by atoms with Crippen molar-refractivity contribution in [3.63, 3.8) is 0 Å². The van der Waals surface area contributed by atoms with Crippen LogP contribution < -0.4 is 14.8 Å². The topological polar surface area (TPSA) is 73.9 Å². The van der Waals surface area contributed by atoms with Crippen LogP contribution in [0.4, 0.5) is 5.69 Å². The standard InChI is InChI=1S/C25H21NO5/c1-29-23-14-17(13-20-19-5-3-4-6-21(19)26-24(20)27)9-12-22(23)31-15-16-7-10-18(11-8-16)25(28)30-2/h3-14H,15H2,1-2H3,(H,26,27)/b20-13-. The molecule has 0 aromatic heterocycles. The number of hydrogen-bond donors (Lipinski definition) is 1. The van der Waals surface area contributed by atoms with E-state index >= 15 is 0 Å². The summed E-state index contributed by atoms with van der Waals surface area (Å²) in [6.07, 6.45) is 1.83. The summed E-state index contributed by atoms with van der Waals surface area (Å²) in [7, 11) is 2.92. The number of rotatable bonds is 6. The number of para-hydroxylation sites is 1. The van der Waals surface area contributed by atoms with Crippen molar-refractivity contribution in [2.75, 3.05) is 19.5 Å². The van der Waals surface area contributed by atoms with E-state index in [1.165, 1.54) is 7.11 Å². The molecule has 0 fully saturated rings. The maximum atomic E-state index is 12.3. The maximum Gasteiger partial charge on any atom is 0.337 e. The van der Waals surface area contributed by atoms with E-state index in [0.717, 1.165) is 22.4 Å². The molecule has 0 saturated heterocycles. The second-order valence-electron chi connectivity index (χ2n) is 6.95. The van der Waals surface area contributed by atoms with E-state index in [9.17, 15) is 9.59 Å². The van der Waals surface area contributed by atoms with Gasteiger partial charge in [0.2, 0.25) is 0 Å². The molecule has 0 spiro atoms. The zero-order valence-electron chi connectivity index (χ0n) is 17.2. The molecule has 156 valence electrons. The van der Waals surface area contributed by atoms with Gasteiger partial charge in [-0.15, -0.1) is 0 Å². The second kappa shape index (κ2) is 8.75. The molecule has 0 atom stereocenters. The maximum absolute atomic E-state index is 12.3. The summed E-state index contributed by atoms with van der Waals surface area (Å²) >= 11 is 0. The monoisotopic (exact) mass is 415 g/mol. The Labute approximate surface area is 180 Å². The number of amides is 1. The van der Waals surface area contributed by atoms with Gasteiger partial charge in [0.05, 0.1) is 19.8 Å². The van der Waals surface area contributed by atoms with Crippen LogP contribution in [0.15, 0.2) is 66.7 Å². The number of fused-ring (bicyclic) bond motifs is 1. The van der Waals surface area contributed by atoms with Crippen LogP contribution in [0.1, 0.15) is 27.0 Å². The van der Waals surface area contributed by atoms with Crippen molar-refractivity contribution in [1.82, 2.24) is 0 Å². The minimum Gasteiger partial charge on any atom is -0.493 e. The summed E-state index contributed by atoms with van der Waals surface area (Å²) < 4.78 is 16.1. The number of nitrogens with one attached hydrogen (secondary N) is 1. The van der Waals surface area contributed by atoms with Crippen molar-refractivity contribution in [3.05, 3.63) is 89.0 Å². The van der Waals surface area contributed by atoms with Gasteiger partial charge in [-0.1, -0.05) is 36.4 Å². The molecule has 1 aliphatic heterocycles. The Morgan fingerprint density at radius 2 is 1.74 bits per heavy atom. The van der Waals surface area contributed by atoms with Crippen LogP contribution in [-0.2, 0) is 16.1 Å². The highest BCUT2D eigenvalue weighted by molar-refractivity contribution is 6.34. The Morgan fingerprint density at radius 1 is 0.968 bits per heavy atom. The first kappa shape index (κ1) is 20.2. The molecule has 3 aromatic carbocycles. The first-order valence-corrected chi connectivity index (χ1v) is 9.69. The smallest absolute Gasteiger partial charge is 0.337 e. The number of methoxy groups -OCH3 is 2. The van der Waals surface area contributed by atoms with Crippen LogP contribution in [-0.4, -0.2) is 26.1 Å². The lowest BCUT2D eigenvalue weighted by molar-refractivity contribution is -0.110. The number of carbonyl (C=O) groups is 2. The molecular weight excluding hydrogens is 394 g/mol. The number of esters is 1. The van der Waals surface area contributed by atoms with Gasteiger partial charge in [-0.05, 0) is 47.5 Å². The van der Waals surface area contributed by atoms with E-state index in [1.54, 1.807) is 19.2 Å². The average molecular weight is 415 g/mol. The van der Waals surface area contributed by atoms with Crippen LogP contribution in [0.25, 0.3) is 11.6 Å². The van der Waals surface area contributed by atoms with Crippen molar-refractivity contribution in [2.24, 2.45) is 0 Å². The molecule has 1 amide bonds. The number of ether oxygens (including phenoxy) is 3. The molecule has 1 heterocycles. The summed E-state index contributed by atoms with van der Waals surface area (Å²) in [4.78, 5) is 23.9. The Kier molecular flexibility index (Phi) is 5.71. The van der Waals surface area contributed by atoms with Crippen molar-refractivity contribution in [3.8, 4) is 11.5 Å². The molecule has 0 unspecified atom stereocenters. The predicted molar refractivity (Wildman–Crippen MR) is 118 cm³/mol. The summed E-state index contributed by atoms with van der Waals surface area (Å²) in [5.74, 6) is 0.637. The zero-order chi connectivity index (χ0) is 21.8. The van der Waals surface area contributed by atoms with Gasteiger partial charge in [-0.25, -0.2) is 4.79 Å². The highest BCUT2D eigenvalue weighted by atomic mass is 16.5. The fourth-order valence-electron chi connectivity index (χ4n) is 3.36.